The van der Waals surface area contributed by atoms with Gasteiger partial charge in [0.25, 0.3) is 5.69 Å². The SMILES string of the molecule is O=[N+]([O-])c1ccccc1C=CC=NNc1ncnc2ccccc12. The van der Waals surface area contributed by atoms with Crippen LogP contribution in [0.15, 0.2) is 66.0 Å². The highest BCUT2D eigenvalue weighted by atomic mass is 16.6. The number of aromatic nitrogens is 2. The minimum atomic E-state index is -0.415. The molecule has 1 N–H and O–H groups in total. The Balaban J connectivity index is 1.72. The maximum Gasteiger partial charge on any atom is 0.276 e. The maximum absolute atomic E-state index is 10.9. The largest absolute Gasteiger partial charge is 0.276 e. The van der Waals surface area contributed by atoms with E-state index in [0.29, 0.717) is 11.4 Å². The third kappa shape index (κ3) is 3.41. The summed E-state index contributed by atoms with van der Waals surface area (Å²) >= 11 is 0. The zero-order chi connectivity index (χ0) is 16.8. The van der Waals surface area contributed by atoms with Gasteiger partial charge < -0.3 is 0 Å². The minimum Gasteiger partial charge on any atom is -0.261 e. The molecule has 0 spiro atoms. The van der Waals surface area contributed by atoms with Crippen LogP contribution in [-0.2, 0) is 0 Å². The van der Waals surface area contributed by atoms with Crippen molar-refractivity contribution in [2.24, 2.45) is 5.10 Å². The van der Waals surface area contributed by atoms with Gasteiger partial charge in [-0.3, -0.25) is 15.5 Å². The molecule has 0 saturated carbocycles. The molecule has 3 aromatic rings. The summed E-state index contributed by atoms with van der Waals surface area (Å²) in [5.74, 6) is 0.593. The number of hydrogen-bond donors (Lipinski definition) is 1. The first-order valence-corrected chi connectivity index (χ1v) is 7.14. The number of para-hydroxylation sites is 2. The molecule has 0 radical (unpaired) electrons. The van der Waals surface area contributed by atoms with Gasteiger partial charge in [0.1, 0.15) is 6.33 Å². The molecule has 0 aliphatic heterocycles. The van der Waals surface area contributed by atoms with Gasteiger partial charge in [-0.25, -0.2) is 9.97 Å². The molecule has 3 rings (SSSR count). The predicted molar refractivity (Wildman–Crippen MR) is 93.8 cm³/mol. The van der Waals surface area contributed by atoms with Crippen molar-refractivity contribution >= 4 is 34.7 Å². The maximum atomic E-state index is 10.9. The number of nitro benzene ring substituents is 1. The molecule has 1 heterocycles. The van der Waals surface area contributed by atoms with Crippen LogP contribution in [0.25, 0.3) is 17.0 Å². The molecule has 0 fully saturated rings. The Morgan fingerprint density at radius 3 is 2.75 bits per heavy atom. The van der Waals surface area contributed by atoms with Crippen LogP contribution in [0.5, 0.6) is 0 Å². The molecule has 0 aliphatic rings. The molecule has 1 aromatic heterocycles. The summed E-state index contributed by atoms with van der Waals surface area (Å²) < 4.78 is 0. The van der Waals surface area contributed by atoms with Crippen LogP contribution in [0.2, 0.25) is 0 Å². The third-order valence-corrected chi connectivity index (χ3v) is 3.28. The smallest absolute Gasteiger partial charge is 0.261 e. The van der Waals surface area contributed by atoms with Crippen LogP contribution in [0.1, 0.15) is 5.56 Å². The number of nitrogens with one attached hydrogen (secondary N) is 1. The molecule has 0 aliphatic carbocycles. The second-order valence-electron chi connectivity index (χ2n) is 4.80. The number of anilines is 1. The van der Waals surface area contributed by atoms with Crippen molar-refractivity contribution in [1.82, 2.24) is 9.97 Å². The molecule has 7 nitrogen and oxygen atoms in total. The predicted octanol–water partition coefficient (Wildman–Crippen LogP) is 3.65. The van der Waals surface area contributed by atoms with E-state index in [1.807, 2.05) is 24.3 Å². The minimum absolute atomic E-state index is 0.0527. The van der Waals surface area contributed by atoms with Crippen molar-refractivity contribution in [3.8, 4) is 0 Å². The Morgan fingerprint density at radius 2 is 1.88 bits per heavy atom. The Labute approximate surface area is 137 Å². The molecule has 0 unspecified atom stereocenters. The summed E-state index contributed by atoms with van der Waals surface area (Å²) in [6, 6.07) is 14.1. The van der Waals surface area contributed by atoms with Gasteiger partial charge in [0.05, 0.1) is 16.0 Å². The van der Waals surface area contributed by atoms with Gasteiger partial charge in [0.2, 0.25) is 0 Å². The normalized spacial score (nSPS) is 11.3. The summed E-state index contributed by atoms with van der Waals surface area (Å²) in [7, 11) is 0. The number of fused-ring (bicyclic) bond motifs is 1. The van der Waals surface area contributed by atoms with Crippen LogP contribution < -0.4 is 5.43 Å². The van der Waals surface area contributed by atoms with E-state index in [4.69, 9.17) is 0 Å². The quantitative estimate of drug-likeness (QED) is 0.440. The Kier molecular flexibility index (Phi) is 4.52. The molecule has 0 bridgehead atoms. The number of hydrogen-bond acceptors (Lipinski definition) is 6. The van der Waals surface area contributed by atoms with Gasteiger partial charge in [-0.05, 0) is 30.4 Å². The Bertz CT molecular complexity index is 932. The van der Waals surface area contributed by atoms with Gasteiger partial charge >= 0.3 is 0 Å². The van der Waals surface area contributed by atoms with E-state index in [1.165, 1.54) is 18.6 Å². The number of nitrogens with zero attached hydrogens (tertiary/aromatic N) is 4. The highest BCUT2D eigenvalue weighted by Gasteiger charge is 2.08. The molecule has 2 aromatic carbocycles. The fourth-order valence-corrected chi connectivity index (χ4v) is 2.18. The summed E-state index contributed by atoms with van der Waals surface area (Å²) in [5.41, 5.74) is 4.23. The van der Waals surface area contributed by atoms with Gasteiger partial charge in [-0.15, -0.1) is 0 Å². The summed E-state index contributed by atoms with van der Waals surface area (Å²) in [6.45, 7) is 0. The number of rotatable bonds is 5. The molecule has 0 saturated heterocycles. The molecule has 0 atom stereocenters. The number of allylic oxidation sites excluding steroid dienone is 1. The van der Waals surface area contributed by atoms with Crippen molar-refractivity contribution in [2.75, 3.05) is 5.43 Å². The first-order valence-electron chi connectivity index (χ1n) is 7.14. The van der Waals surface area contributed by atoms with E-state index in [0.717, 1.165) is 10.9 Å². The van der Waals surface area contributed by atoms with Gasteiger partial charge in [0, 0.05) is 17.7 Å². The van der Waals surface area contributed by atoms with Crippen molar-refractivity contribution < 1.29 is 4.92 Å². The van der Waals surface area contributed by atoms with Crippen molar-refractivity contribution in [1.29, 1.82) is 0 Å². The van der Waals surface area contributed by atoms with Crippen molar-refractivity contribution in [3.05, 3.63) is 76.6 Å². The van der Waals surface area contributed by atoms with Gasteiger partial charge in [0.15, 0.2) is 5.82 Å². The number of benzene rings is 2. The third-order valence-electron chi connectivity index (χ3n) is 3.28. The number of nitro groups is 1. The lowest BCUT2D eigenvalue weighted by atomic mass is 10.2. The van der Waals surface area contributed by atoms with Crippen molar-refractivity contribution in [2.45, 2.75) is 0 Å². The average Bonchev–Trinajstić information content (AvgIpc) is 2.62. The van der Waals surface area contributed by atoms with Crippen molar-refractivity contribution in [3.63, 3.8) is 0 Å². The van der Waals surface area contributed by atoms with Crippen LogP contribution >= 0.6 is 0 Å². The lowest BCUT2D eigenvalue weighted by molar-refractivity contribution is -0.385. The molecule has 24 heavy (non-hydrogen) atoms. The standard InChI is InChI=1S/C17H13N5O2/c23-22(24)16-10-4-1-6-13(16)7-5-11-20-21-17-14-8-2-3-9-15(14)18-12-19-17/h1-12H,(H,18,19,21). The van der Waals surface area contributed by atoms with Gasteiger partial charge in [-0.1, -0.05) is 24.3 Å². The average molecular weight is 319 g/mol. The first kappa shape index (κ1) is 15.3. The zero-order valence-electron chi connectivity index (χ0n) is 12.5. The van der Waals surface area contributed by atoms with E-state index < -0.39 is 4.92 Å². The topological polar surface area (TPSA) is 93.3 Å². The summed E-state index contributed by atoms with van der Waals surface area (Å²) in [4.78, 5) is 18.8. The van der Waals surface area contributed by atoms with Crippen LogP contribution in [0, 0.1) is 10.1 Å². The molecule has 118 valence electrons. The number of hydrazone groups is 1. The monoisotopic (exact) mass is 319 g/mol. The van der Waals surface area contributed by atoms with Gasteiger partial charge in [-0.2, -0.15) is 5.10 Å². The molecular formula is C17H13N5O2. The van der Waals surface area contributed by atoms with E-state index >= 15 is 0 Å². The molecular weight excluding hydrogens is 306 g/mol. The van der Waals surface area contributed by atoms with Crippen LogP contribution in [0.3, 0.4) is 0 Å². The fourth-order valence-electron chi connectivity index (χ4n) is 2.18. The molecule has 7 heteroatoms. The highest BCUT2D eigenvalue weighted by molar-refractivity contribution is 5.89. The summed E-state index contributed by atoms with van der Waals surface area (Å²) in [5, 5.41) is 15.9. The lowest BCUT2D eigenvalue weighted by Gasteiger charge is -2.02. The van der Waals surface area contributed by atoms with E-state index in [1.54, 1.807) is 30.4 Å². The highest BCUT2D eigenvalue weighted by Crippen LogP contribution is 2.19. The van der Waals surface area contributed by atoms with E-state index in [9.17, 15) is 10.1 Å². The zero-order valence-corrected chi connectivity index (χ0v) is 12.5. The fraction of sp³-hybridized carbons (Fsp3) is 0. The van der Waals surface area contributed by atoms with Crippen LogP contribution in [0.4, 0.5) is 11.5 Å². The second kappa shape index (κ2) is 7.10. The Morgan fingerprint density at radius 1 is 1.08 bits per heavy atom. The van der Waals surface area contributed by atoms with E-state index in [-0.39, 0.29) is 5.69 Å². The molecule has 0 amide bonds. The second-order valence-corrected chi connectivity index (χ2v) is 4.80. The lowest BCUT2D eigenvalue weighted by Crippen LogP contribution is -1.94. The first-order chi connectivity index (χ1) is 11.8. The van der Waals surface area contributed by atoms with Crippen LogP contribution in [-0.4, -0.2) is 21.1 Å². The summed E-state index contributed by atoms with van der Waals surface area (Å²) in [6.07, 6.45) is 6.22. The van der Waals surface area contributed by atoms with E-state index in [2.05, 4.69) is 20.5 Å². The Hall–Kier alpha value is -3.61.